The predicted octanol–water partition coefficient (Wildman–Crippen LogP) is 4.15. The van der Waals surface area contributed by atoms with E-state index in [9.17, 15) is 15.3 Å². The molecule has 3 unspecified atom stereocenters. The summed E-state index contributed by atoms with van der Waals surface area (Å²) in [7, 11) is -2.08. The number of nitriles is 2. The predicted molar refractivity (Wildman–Crippen MR) is 97.3 cm³/mol. The molecule has 0 aromatic carbocycles. The Balaban J connectivity index is 2.41. The van der Waals surface area contributed by atoms with Crippen LogP contribution in [0.5, 0.6) is 0 Å². The fourth-order valence-corrected chi connectivity index (χ4v) is 4.25. The number of allylic oxidation sites excluding steroid dienone is 1. The summed E-state index contributed by atoms with van der Waals surface area (Å²) in [5.74, 6) is 0.157. The van der Waals surface area contributed by atoms with Crippen LogP contribution in [-0.2, 0) is 14.0 Å². The maximum Gasteiger partial charge on any atom is 0.242 e. The average Bonchev–Trinajstić information content (AvgIpc) is 2.54. The first-order chi connectivity index (χ1) is 11.7. The molecule has 3 atom stereocenters. The van der Waals surface area contributed by atoms with E-state index in [4.69, 9.17) is 32.4 Å². The van der Waals surface area contributed by atoms with E-state index in [1.54, 1.807) is 0 Å². The number of nitrogens with zero attached hydrogens (tertiary/aromatic N) is 2. The Morgan fingerprint density at radius 3 is 2.40 bits per heavy atom. The monoisotopic (exact) mass is 398 g/mol. The standard InChI is InChI=1S/C17H20Cl2N2O3Si/c1-25(2,3)24-17-11(9-21)10(8-20)16(14(18)15(17)19)23-13-7-5-4-6-12(13)22/h13-14,16H,4-7H2,1-3H3. The molecule has 0 heterocycles. The highest BCUT2D eigenvalue weighted by Gasteiger charge is 2.41. The minimum absolute atomic E-state index is 0.00448. The van der Waals surface area contributed by atoms with Crippen LogP contribution in [0.15, 0.2) is 21.9 Å². The molecule has 2 aliphatic carbocycles. The molecule has 0 amide bonds. The van der Waals surface area contributed by atoms with Crippen LogP contribution in [0.25, 0.3) is 0 Å². The molecule has 8 heteroatoms. The number of rotatable bonds is 4. The lowest BCUT2D eigenvalue weighted by Crippen LogP contribution is -2.40. The molecule has 134 valence electrons. The van der Waals surface area contributed by atoms with Gasteiger partial charge < -0.3 is 9.16 Å². The number of hydrogen-bond acceptors (Lipinski definition) is 5. The number of ketones is 1. The van der Waals surface area contributed by atoms with Gasteiger partial charge in [0, 0.05) is 6.42 Å². The number of carbonyl (C=O) groups is 1. The molecule has 2 rings (SSSR count). The van der Waals surface area contributed by atoms with Crippen LogP contribution >= 0.6 is 23.2 Å². The molecule has 0 aromatic heterocycles. The maximum atomic E-state index is 12.1. The molecule has 1 fully saturated rings. The van der Waals surface area contributed by atoms with Gasteiger partial charge in [0.2, 0.25) is 8.32 Å². The smallest absolute Gasteiger partial charge is 0.242 e. The van der Waals surface area contributed by atoms with Gasteiger partial charge in [-0.2, -0.15) is 10.5 Å². The summed E-state index contributed by atoms with van der Waals surface area (Å²) >= 11 is 12.8. The summed E-state index contributed by atoms with van der Waals surface area (Å²) in [5, 5.41) is 18.4. The van der Waals surface area contributed by atoms with Gasteiger partial charge in [-0.1, -0.05) is 11.6 Å². The summed E-state index contributed by atoms with van der Waals surface area (Å²) in [6.45, 7) is 5.83. The third kappa shape index (κ3) is 4.45. The molecular formula is C17H20Cl2N2O3Si. The fourth-order valence-electron chi connectivity index (χ4n) is 2.83. The van der Waals surface area contributed by atoms with Gasteiger partial charge in [-0.3, -0.25) is 4.79 Å². The van der Waals surface area contributed by atoms with E-state index in [1.807, 2.05) is 31.8 Å². The van der Waals surface area contributed by atoms with Gasteiger partial charge in [0.15, 0.2) is 5.78 Å². The summed E-state index contributed by atoms with van der Waals surface area (Å²) < 4.78 is 11.8. The van der Waals surface area contributed by atoms with E-state index >= 15 is 0 Å². The van der Waals surface area contributed by atoms with Crippen molar-refractivity contribution in [3.8, 4) is 12.1 Å². The van der Waals surface area contributed by atoms with Crippen molar-refractivity contribution in [1.82, 2.24) is 0 Å². The first-order valence-electron chi connectivity index (χ1n) is 8.15. The molecule has 5 nitrogen and oxygen atoms in total. The minimum atomic E-state index is -2.08. The van der Waals surface area contributed by atoms with Crippen LogP contribution in [0.2, 0.25) is 19.6 Å². The number of carbonyl (C=O) groups excluding carboxylic acids is 1. The normalized spacial score (nSPS) is 27.8. The van der Waals surface area contributed by atoms with E-state index in [2.05, 4.69) is 0 Å². The molecule has 1 saturated carbocycles. The number of ether oxygens (including phenoxy) is 1. The number of Topliss-reactive ketones (excluding diaryl/α,β-unsaturated/α-hetero) is 1. The summed E-state index contributed by atoms with van der Waals surface area (Å²) in [4.78, 5) is 12.1. The van der Waals surface area contributed by atoms with Gasteiger partial charge in [0.25, 0.3) is 0 Å². The van der Waals surface area contributed by atoms with Gasteiger partial charge >= 0.3 is 0 Å². The molecule has 0 N–H and O–H groups in total. The zero-order valence-corrected chi connectivity index (χ0v) is 16.9. The lowest BCUT2D eigenvalue weighted by atomic mass is 9.92. The van der Waals surface area contributed by atoms with Crippen molar-refractivity contribution in [2.75, 3.05) is 0 Å². The van der Waals surface area contributed by atoms with Gasteiger partial charge in [0.1, 0.15) is 35.0 Å². The Hall–Kier alpha value is -1.31. The van der Waals surface area contributed by atoms with Crippen molar-refractivity contribution in [1.29, 1.82) is 10.5 Å². The Labute approximate surface area is 158 Å². The van der Waals surface area contributed by atoms with Crippen molar-refractivity contribution in [3.05, 3.63) is 21.9 Å². The zero-order valence-electron chi connectivity index (χ0n) is 14.4. The minimum Gasteiger partial charge on any atom is -0.543 e. The van der Waals surface area contributed by atoms with Crippen molar-refractivity contribution < 1.29 is 14.0 Å². The summed E-state index contributed by atoms with van der Waals surface area (Å²) in [6.07, 6.45) is 1.20. The van der Waals surface area contributed by atoms with Crippen LogP contribution in [0.3, 0.4) is 0 Å². The molecule has 2 aliphatic rings. The van der Waals surface area contributed by atoms with Crippen LogP contribution in [0.4, 0.5) is 0 Å². The maximum absolute atomic E-state index is 12.1. The van der Waals surface area contributed by atoms with E-state index < -0.39 is 25.9 Å². The third-order valence-electron chi connectivity index (χ3n) is 3.96. The third-order valence-corrected chi connectivity index (χ3v) is 5.74. The van der Waals surface area contributed by atoms with Crippen molar-refractivity contribution in [2.24, 2.45) is 0 Å². The SMILES string of the molecule is C[Si](C)(C)OC1=C(Cl)C(Cl)C(OC2CCCCC2=O)C(C#N)=C1C#N. The topological polar surface area (TPSA) is 83.1 Å². The molecule has 0 radical (unpaired) electrons. The molecule has 0 aromatic rings. The van der Waals surface area contributed by atoms with Crippen LogP contribution in [-0.4, -0.2) is 31.7 Å². The molecule has 0 bridgehead atoms. The quantitative estimate of drug-likeness (QED) is 0.524. The van der Waals surface area contributed by atoms with E-state index in [0.29, 0.717) is 12.8 Å². The van der Waals surface area contributed by atoms with E-state index in [-0.39, 0.29) is 27.7 Å². The molecule has 25 heavy (non-hydrogen) atoms. The molecule has 0 aliphatic heterocycles. The second-order valence-corrected chi connectivity index (χ2v) is 12.4. The van der Waals surface area contributed by atoms with Crippen molar-refractivity contribution in [2.45, 2.75) is 62.9 Å². The highest BCUT2D eigenvalue weighted by Crippen LogP contribution is 2.40. The largest absolute Gasteiger partial charge is 0.543 e. The number of halogens is 2. The Morgan fingerprint density at radius 2 is 1.88 bits per heavy atom. The van der Waals surface area contributed by atoms with Gasteiger partial charge in [0.05, 0.1) is 16.7 Å². The molecule has 0 spiro atoms. The number of alkyl halides is 1. The van der Waals surface area contributed by atoms with Crippen molar-refractivity contribution >= 4 is 37.3 Å². The van der Waals surface area contributed by atoms with E-state index in [1.165, 1.54) is 0 Å². The highest BCUT2D eigenvalue weighted by atomic mass is 35.5. The molecular weight excluding hydrogens is 379 g/mol. The second kappa shape index (κ2) is 7.93. The van der Waals surface area contributed by atoms with E-state index in [0.717, 1.165) is 12.8 Å². The summed E-state index contributed by atoms with van der Waals surface area (Å²) in [5.41, 5.74) is 0.110. The van der Waals surface area contributed by atoms with Crippen LogP contribution in [0, 0.1) is 22.7 Å². The van der Waals surface area contributed by atoms with Crippen molar-refractivity contribution in [3.63, 3.8) is 0 Å². The zero-order chi connectivity index (χ0) is 18.8. The Kier molecular flexibility index (Phi) is 6.34. The fraction of sp³-hybridized carbons (Fsp3) is 0.588. The lowest BCUT2D eigenvalue weighted by Gasteiger charge is -2.34. The lowest BCUT2D eigenvalue weighted by molar-refractivity contribution is -0.135. The number of hydrogen-bond donors (Lipinski definition) is 0. The van der Waals surface area contributed by atoms with Crippen LogP contribution in [0.1, 0.15) is 25.7 Å². The first-order valence-corrected chi connectivity index (χ1v) is 12.4. The van der Waals surface area contributed by atoms with Crippen LogP contribution < -0.4 is 0 Å². The molecule has 0 saturated heterocycles. The summed E-state index contributed by atoms with van der Waals surface area (Å²) in [6, 6.07) is 4.00. The average molecular weight is 399 g/mol. The second-order valence-electron chi connectivity index (χ2n) is 7.06. The Morgan fingerprint density at radius 1 is 1.20 bits per heavy atom. The van der Waals surface area contributed by atoms with Gasteiger partial charge in [-0.05, 0) is 38.9 Å². The van der Waals surface area contributed by atoms with Gasteiger partial charge in [-0.25, -0.2) is 0 Å². The highest BCUT2D eigenvalue weighted by molar-refractivity contribution is 6.70. The first kappa shape index (κ1) is 20.0. The Bertz CT molecular complexity index is 713. The van der Waals surface area contributed by atoms with Gasteiger partial charge in [-0.15, -0.1) is 11.6 Å².